The van der Waals surface area contributed by atoms with Crippen LogP contribution in [0.1, 0.15) is 0 Å². The number of carboxylic acid groups (broad SMARTS) is 2. The third kappa shape index (κ3) is 13.7. The molecule has 0 heterocycles. The van der Waals surface area contributed by atoms with Gasteiger partial charge in [-0.1, -0.05) is 23.2 Å². The maximum Gasteiger partial charge on any atom is 1.00 e. The first kappa shape index (κ1) is 27.8. The molecule has 0 aliphatic carbocycles. The SMILES string of the molecule is O=C([O-])COc1ccc(Cl)cc1.O=C([O-])COc1ccc(Cl)cc1.[Na+].[Na+]. The molecule has 128 valence electrons. The second-order valence-corrected chi connectivity index (χ2v) is 5.10. The van der Waals surface area contributed by atoms with E-state index in [1.165, 1.54) is 0 Å². The Labute approximate surface area is 205 Å². The predicted octanol–water partition coefficient (Wildman–Crippen LogP) is -5.05. The molecule has 0 bridgehead atoms. The van der Waals surface area contributed by atoms with E-state index in [1.54, 1.807) is 48.5 Å². The van der Waals surface area contributed by atoms with Crippen molar-refractivity contribution in [2.24, 2.45) is 0 Å². The molecule has 0 amide bonds. The van der Waals surface area contributed by atoms with Gasteiger partial charge in [0.2, 0.25) is 0 Å². The molecule has 2 aromatic rings. The summed E-state index contributed by atoms with van der Waals surface area (Å²) in [6.45, 7) is -0.886. The molecule has 0 aliphatic rings. The van der Waals surface area contributed by atoms with E-state index in [2.05, 4.69) is 0 Å². The Kier molecular flexibility index (Phi) is 16.7. The molecule has 0 aromatic heterocycles. The molecule has 26 heavy (non-hydrogen) atoms. The number of carboxylic acids is 2. The van der Waals surface area contributed by atoms with Crippen LogP contribution < -0.4 is 78.8 Å². The number of hydrogen-bond acceptors (Lipinski definition) is 6. The molecule has 0 saturated heterocycles. The third-order valence-corrected chi connectivity index (χ3v) is 2.84. The number of aliphatic carboxylic acids is 2. The van der Waals surface area contributed by atoms with Crippen LogP contribution >= 0.6 is 23.2 Å². The summed E-state index contributed by atoms with van der Waals surface area (Å²) in [4.78, 5) is 20.0. The van der Waals surface area contributed by atoms with Crippen molar-refractivity contribution in [3.05, 3.63) is 58.6 Å². The first-order valence-electron chi connectivity index (χ1n) is 6.53. The minimum absolute atomic E-state index is 0. The summed E-state index contributed by atoms with van der Waals surface area (Å²) in [5, 5.41) is 21.1. The predicted molar refractivity (Wildman–Crippen MR) is 83.9 cm³/mol. The van der Waals surface area contributed by atoms with Gasteiger partial charge in [-0.05, 0) is 48.5 Å². The van der Waals surface area contributed by atoms with Crippen LogP contribution in [0.15, 0.2) is 48.5 Å². The normalized spacial score (nSPS) is 8.69. The van der Waals surface area contributed by atoms with Crippen molar-refractivity contribution in [1.82, 2.24) is 0 Å². The minimum Gasteiger partial charge on any atom is -0.546 e. The molecule has 0 radical (unpaired) electrons. The van der Waals surface area contributed by atoms with E-state index < -0.39 is 25.2 Å². The standard InChI is InChI=1S/2C8H7ClO3.2Na/c2*9-6-1-3-7(4-2-6)12-5-8(10)11;;/h2*1-4H,5H2,(H,10,11);;/q;;2*+1/p-2. The van der Waals surface area contributed by atoms with Crippen molar-refractivity contribution in [3.63, 3.8) is 0 Å². The van der Waals surface area contributed by atoms with Crippen molar-refractivity contribution < 1.29 is 88.4 Å². The average Bonchev–Trinajstić information content (AvgIpc) is 2.54. The van der Waals surface area contributed by atoms with Crippen LogP contribution in [0.25, 0.3) is 0 Å². The number of carbonyl (C=O) groups is 2. The van der Waals surface area contributed by atoms with Gasteiger partial charge in [-0.15, -0.1) is 0 Å². The quantitative estimate of drug-likeness (QED) is 0.437. The third-order valence-electron chi connectivity index (χ3n) is 2.34. The van der Waals surface area contributed by atoms with Crippen LogP contribution in [0.2, 0.25) is 10.0 Å². The van der Waals surface area contributed by atoms with E-state index in [-0.39, 0.29) is 59.1 Å². The Hall–Kier alpha value is -0.440. The number of carbonyl (C=O) groups excluding carboxylic acids is 2. The van der Waals surface area contributed by atoms with Gasteiger partial charge in [0.25, 0.3) is 0 Å². The van der Waals surface area contributed by atoms with Gasteiger partial charge in [0, 0.05) is 10.0 Å². The molecule has 0 spiro atoms. The maximum atomic E-state index is 9.98. The van der Waals surface area contributed by atoms with Crippen LogP contribution in [-0.4, -0.2) is 25.2 Å². The fourth-order valence-corrected chi connectivity index (χ4v) is 1.60. The summed E-state index contributed by atoms with van der Waals surface area (Å²) >= 11 is 11.2. The van der Waals surface area contributed by atoms with Gasteiger partial charge in [0.05, 0.1) is 11.9 Å². The van der Waals surface area contributed by atoms with Crippen LogP contribution in [0.5, 0.6) is 11.5 Å². The van der Waals surface area contributed by atoms with Crippen molar-refractivity contribution in [1.29, 1.82) is 0 Å². The summed E-state index contributed by atoms with van der Waals surface area (Å²) in [6.07, 6.45) is 0. The van der Waals surface area contributed by atoms with Gasteiger partial charge in [-0.3, -0.25) is 0 Å². The van der Waals surface area contributed by atoms with Crippen molar-refractivity contribution in [2.75, 3.05) is 13.2 Å². The van der Waals surface area contributed by atoms with Crippen LogP contribution in [0.4, 0.5) is 0 Å². The number of benzene rings is 2. The summed E-state index contributed by atoms with van der Waals surface area (Å²) in [5.74, 6) is -1.57. The molecule has 10 heteroatoms. The number of ether oxygens (including phenoxy) is 2. The van der Waals surface area contributed by atoms with Crippen LogP contribution in [0, 0.1) is 0 Å². The van der Waals surface area contributed by atoms with E-state index in [0.29, 0.717) is 21.5 Å². The molecule has 0 aliphatic heterocycles. The van der Waals surface area contributed by atoms with E-state index in [9.17, 15) is 19.8 Å². The van der Waals surface area contributed by atoms with Gasteiger partial charge in [0.15, 0.2) is 0 Å². The first-order valence-corrected chi connectivity index (χ1v) is 7.29. The topological polar surface area (TPSA) is 98.7 Å². The van der Waals surface area contributed by atoms with Gasteiger partial charge < -0.3 is 29.3 Å². The summed E-state index contributed by atoms with van der Waals surface area (Å²) in [6, 6.07) is 12.8. The average molecular weight is 417 g/mol. The zero-order valence-electron chi connectivity index (χ0n) is 14.2. The van der Waals surface area contributed by atoms with Gasteiger partial charge in [0.1, 0.15) is 24.7 Å². The van der Waals surface area contributed by atoms with Crippen LogP contribution in [0.3, 0.4) is 0 Å². The van der Waals surface area contributed by atoms with Gasteiger partial charge in [-0.2, -0.15) is 0 Å². The summed E-state index contributed by atoms with van der Waals surface area (Å²) in [5.41, 5.74) is 0. The zero-order valence-corrected chi connectivity index (χ0v) is 19.8. The Morgan fingerprint density at radius 1 is 0.692 bits per heavy atom. The second-order valence-electron chi connectivity index (χ2n) is 4.23. The fraction of sp³-hybridized carbons (Fsp3) is 0.125. The van der Waals surface area contributed by atoms with Crippen molar-refractivity contribution in [2.45, 2.75) is 0 Å². The molecule has 0 unspecified atom stereocenters. The maximum absolute atomic E-state index is 9.98. The van der Waals surface area contributed by atoms with Gasteiger partial charge >= 0.3 is 59.1 Å². The fourth-order valence-electron chi connectivity index (χ4n) is 1.35. The summed E-state index contributed by atoms with van der Waals surface area (Å²) in [7, 11) is 0. The number of rotatable bonds is 6. The molecule has 0 saturated carbocycles. The molecule has 6 nitrogen and oxygen atoms in total. The zero-order chi connectivity index (χ0) is 17.9. The smallest absolute Gasteiger partial charge is 0.546 e. The summed E-state index contributed by atoms with van der Waals surface area (Å²) < 4.78 is 9.60. The molecule has 0 atom stereocenters. The Morgan fingerprint density at radius 2 is 0.962 bits per heavy atom. The minimum atomic E-state index is -1.25. The van der Waals surface area contributed by atoms with Crippen molar-refractivity contribution in [3.8, 4) is 11.5 Å². The molecular formula is C16H12Cl2Na2O6. The molecule has 2 rings (SSSR count). The monoisotopic (exact) mass is 416 g/mol. The molecule has 0 N–H and O–H groups in total. The van der Waals surface area contributed by atoms with Crippen molar-refractivity contribution >= 4 is 35.1 Å². The van der Waals surface area contributed by atoms with E-state index in [1.807, 2.05) is 0 Å². The second kappa shape index (κ2) is 15.6. The largest absolute Gasteiger partial charge is 1.00 e. The Morgan fingerprint density at radius 3 is 1.19 bits per heavy atom. The number of hydrogen-bond donors (Lipinski definition) is 0. The number of halogens is 2. The Balaban J connectivity index is 0. The van der Waals surface area contributed by atoms with E-state index >= 15 is 0 Å². The van der Waals surface area contributed by atoms with Crippen LogP contribution in [-0.2, 0) is 9.59 Å². The molecular weight excluding hydrogens is 405 g/mol. The molecule has 0 fully saturated rings. The van der Waals surface area contributed by atoms with E-state index in [0.717, 1.165) is 0 Å². The first-order chi connectivity index (χ1) is 11.4. The molecule has 2 aromatic carbocycles. The van der Waals surface area contributed by atoms with E-state index in [4.69, 9.17) is 32.7 Å². The Bertz CT molecular complexity index is 606. The van der Waals surface area contributed by atoms with Gasteiger partial charge in [-0.25, -0.2) is 0 Å².